The number of fused-ring (bicyclic) bond motifs is 1. The normalized spacial score (nSPS) is 13.9. The third-order valence-electron chi connectivity index (χ3n) is 3.91. The summed E-state index contributed by atoms with van der Waals surface area (Å²) in [4.78, 5) is 5.56. The third kappa shape index (κ3) is 4.93. The summed E-state index contributed by atoms with van der Waals surface area (Å²) in [6.07, 6.45) is 1.61. The molecular weight excluding hydrogens is 341 g/mol. The molecule has 1 aliphatic rings. The van der Waals surface area contributed by atoms with Crippen LogP contribution in [0.3, 0.4) is 0 Å². The number of nitrogens with one attached hydrogen (secondary N) is 2. The van der Waals surface area contributed by atoms with E-state index in [1.54, 1.807) is 18.4 Å². The number of guanidine groups is 1. The molecule has 0 spiro atoms. The Balaban J connectivity index is 1.49. The van der Waals surface area contributed by atoms with Gasteiger partial charge in [-0.3, -0.25) is 4.99 Å². The number of nitrogens with zero attached hydrogens (tertiary/aromatic N) is 1. The molecule has 0 saturated heterocycles. The zero-order valence-corrected chi connectivity index (χ0v) is 15.0. The molecule has 0 unspecified atom stereocenters. The zero-order chi connectivity index (χ0) is 17.5. The van der Waals surface area contributed by atoms with Crippen LogP contribution in [-0.2, 0) is 24.2 Å². The molecule has 2 heterocycles. The smallest absolute Gasteiger partial charge is 0.190 e. The average molecular weight is 363 g/mol. The lowest BCUT2D eigenvalue weighted by atomic mass is 10.1. The van der Waals surface area contributed by atoms with Gasteiger partial charge in [-0.1, -0.05) is 6.07 Å². The maximum atomic E-state index is 13.7. The molecule has 3 rings (SSSR count). The van der Waals surface area contributed by atoms with Gasteiger partial charge >= 0.3 is 0 Å². The maximum Gasteiger partial charge on any atom is 0.190 e. The van der Waals surface area contributed by atoms with E-state index >= 15 is 0 Å². The fourth-order valence-corrected chi connectivity index (χ4v) is 3.45. The Hall–Kier alpha value is -2.12. The van der Waals surface area contributed by atoms with Crippen molar-refractivity contribution < 1.29 is 13.9 Å². The highest BCUT2D eigenvalue weighted by atomic mass is 32.1. The van der Waals surface area contributed by atoms with Crippen molar-refractivity contribution >= 4 is 17.3 Å². The Morgan fingerprint density at radius 2 is 2.12 bits per heavy atom. The van der Waals surface area contributed by atoms with Gasteiger partial charge in [0.15, 0.2) is 12.8 Å². The van der Waals surface area contributed by atoms with Gasteiger partial charge in [0.2, 0.25) is 0 Å². The summed E-state index contributed by atoms with van der Waals surface area (Å²) in [7, 11) is 1.74. The van der Waals surface area contributed by atoms with Crippen LogP contribution >= 0.6 is 11.3 Å². The first-order chi connectivity index (χ1) is 12.3. The van der Waals surface area contributed by atoms with Crippen LogP contribution in [0.2, 0.25) is 0 Å². The second-order valence-corrected chi connectivity index (χ2v) is 6.70. The molecule has 0 fully saturated rings. The van der Waals surface area contributed by atoms with Gasteiger partial charge in [0, 0.05) is 30.6 Å². The number of rotatable bonds is 6. The second kappa shape index (κ2) is 8.82. The fourth-order valence-electron chi connectivity index (χ4n) is 2.74. The first kappa shape index (κ1) is 17.7. The molecule has 0 radical (unpaired) electrons. The van der Waals surface area contributed by atoms with E-state index in [-0.39, 0.29) is 12.6 Å². The molecule has 2 aromatic rings. The van der Waals surface area contributed by atoms with Crippen LogP contribution in [0, 0.1) is 5.82 Å². The van der Waals surface area contributed by atoms with Crippen LogP contribution in [-0.4, -0.2) is 32.9 Å². The van der Waals surface area contributed by atoms with Crippen molar-refractivity contribution in [1.82, 2.24) is 10.6 Å². The van der Waals surface area contributed by atoms with Crippen LogP contribution in [0.1, 0.15) is 16.0 Å². The molecule has 0 atom stereocenters. The van der Waals surface area contributed by atoms with E-state index in [9.17, 15) is 4.39 Å². The number of hydrogen-bond donors (Lipinski definition) is 2. The molecule has 1 aromatic heterocycles. The minimum atomic E-state index is -0.263. The quantitative estimate of drug-likeness (QED) is 0.612. The summed E-state index contributed by atoms with van der Waals surface area (Å²) in [5.74, 6) is 1.22. The van der Waals surface area contributed by atoms with Crippen LogP contribution in [0.5, 0.6) is 5.75 Å². The summed E-state index contributed by atoms with van der Waals surface area (Å²) in [5.41, 5.74) is 1.61. The lowest BCUT2D eigenvalue weighted by molar-refractivity contribution is -0.0172. The van der Waals surface area contributed by atoms with E-state index in [0.717, 1.165) is 35.8 Å². The van der Waals surface area contributed by atoms with E-state index in [0.29, 0.717) is 19.6 Å². The summed E-state index contributed by atoms with van der Waals surface area (Å²) in [5, 5.41) is 8.62. The SMILES string of the molecule is CN=C(NCCc1cccs1)NCCc1cc(F)cc2c1OCOC2. The molecule has 2 N–H and O–H groups in total. The highest BCUT2D eigenvalue weighted by Crippen LogP contribution is 2.29. The van der Waals surface area contributed by atoms with Crippen molar-refractivity contribution in [3.05, 3.63) is 51.5 Å². The lowest BCUT2D eigenvalue weighted by Gasteiger charge is -2.21. The fraction of sp³-hybridized carbons (Fsp3) is 0.389. The molecule has 134 valence electrons. The third-order valence-corrected chi connectivity index (χ3v) is 4.84. The number of thiophene rings is 1. The van der Waals surface area contributed by atoms with E-state index in [1.165, 1.54) is 17.0 Å². The van der Waals surface area contributed by atoms with Gasteiger partial charge < -0.3 is 20.1 Å². The van der Waals surface area contributed by atoms with Crippen molar-refractivity contribution in [2.24, 2.45) is 4.99 Å². The predicted octanol–water partition coefficient (Wildman–Crippen LogP) is 2.70. The minimum absolute atomic E-state index is 0.213. The topological polar surface area (TPSA) is 54.9 Å². The highest BCUT2D eigenvalue weighted by Gasteiger charge is 2.16. The van der Waals surface area contributed by atoms with Crippen molar-refractivity contribution in [2.45, 2.75) is 19.4 Å². The monoisotopic (exact) mass is 363 g/mol. The van der Waals surface area contributed by atoms with Crippen molar-refractivity contribution in [3.8, 4) is 5.75 Å². The maximum absolute atomic E-state index is 13.7. The van der Waals surface area contributed by atoms with Crippen LogP contribution in [0.25, 0.3) is 0 Å². The average Bonchev–Trinajstić information content (AvgIpc) is 3.13. The Morgan fingerprint density at radius 1 is 1.28 bits per heavy atom. The molecule has 7 heteroatoms. The summed E-state index contributed by atoms with van der Waals surface area (Å²) >= 11 is 1.75. The van der Waals surface area contributed by atoms with Crippen LogP contribution in [0.15, 0.2) is 34.6 Å². The molecule has 25 heavy (non-hydrogen) atoms. The zero-order valence-electron chi connectivity index (χ0n) is 14.2. The Labute approximate surface area is 150 Å². The second-order valence-electron chi connectivity index (χ2n) is 5.67. The highest BCUT2D eigenvalue weighted by molar-refractivity contribution is 7.09. The number of halogens is 1. The summed E-state index contributed by atoms with van der Waals surface area (Å²) in [6, 6.07) is 7.18. The van der Waals surface area contributed by atoms with E-state index < -0.39 is 0 Å². The first-order valence-electron chi connectivity index (χ1n) is 8.25. The lowest BCUT2D eigenvalue weighted by Crippen LogP contribution is -2.39. The van der Waals surface area contributed by atoms with Gasteiger partial charge in [-0.25, -0.2) is 4.39 Å². The molecule has 0 saturated carbocycles. The number of benzene rings is 1. The van der Waals surface area contributed by atoms with Gasteiger partial charge in [-0.2, -0.15) is 0 Å². The van der Waals surface area contributed by atoms with Gasteiger partial charge in [-0.05, 0) is 42.0 Å². The largest absolute Gasteiger partial charge is 0.467 e. The van der Waals surface area contributed by atoms with E-state index in [1.807, 2.05) is 0 Å². The molecule has 1 aliphatic heterocycles. The van der Waals surface area contributed by atoms with Gasteiger partial charge in [0.05, 0.1) is 6.61 Å². The number of ether oxygens (including phenoxy) is 2. The Kier molecular flexibility index (Phi) is 6.25. The number of hydrogen-bond acceptors (Lipinski definition) is 4. The predicted molar refractivity (Wildman–Crippen MR) is 97.8 cm³/mol. The molecule has 0 bridgehead atoms. The van der Waals surface area contributed by atoms with Gasteiger partial charge in [0.25, 0.3) is 0 Å². The first-order valence-corrected chi connectivity index (χ1v) is 9.13. The van der Waals surface area contributed by atoms with Crippen LogP contribution in [0.4, 0.5) is 4.39 Å². The minimum Gasteiger partial charge on any atom is -0.467 e. The molecule has 5 nitrogen and oxygen atoms in total. The van der Waals surface area contributed by atoms with Crippen molar-refractivity contribution in [2.75, 3.05) is 26.9 Å². The molecule has 0 aliphatic carbocycles. The Morgan fingerprint density at radius 3 is 2.88 bits per heavy atom. The summed E-state index contributed by atoms with van der Waals surface area (Å²) in [6.45, 7) is 2.05. The molecule has 0 amide bonds. The van der Waals surface area contributed by atoms with Crippen molar-refractivity contribution in [3.63, 3.8) is 0 Å². The van der Waals surface area contributed by atoms with Crippen molar-refractivity contribution in [1.29, 1.82) is 0 Å². The standard InChI is InChI=1S/C18H22FN3O2S/c1-20-18(22-7-5-16-3-2-8-25-16)21-6-4-13-9-15(19)10-14-11-23-12-24-17(13)14/h2-3,8-10H,4-7,11-12H2,1H3,(H2,20,21,22). The Bertz CT molecular complexity index is 719. The number of aliphatic imine (C=N–C) groups is 1. The van der Waals surface area contributed by atoms with Gasteiger partial charge in [-0.15, -0.1) is 11.3 Å². The summed E-state index contributed by atoms with van der Waals surface area (Å²) < 4.78 is 24.5. The molecule has 1 aromatic carbocycles. The molecular formula is C18H22FN3O2S. The van der Waals surface area contributed by atoms with E-state index in [2.05, 4.69) is 33.1 Å². The van der Waals surface area contributed by atoms with Gasteiger partial charge in [0.1, 0.15) is 11.6 Å². The van der Waals surface area contributed by atoms with Crippen LogP contribution < -0.4 is 15.4 Å². The van der Waals surface area contributed by atoms with E-state index in [4.69, 9.17) is 9.47 Å².